The third-order valence-corrected chi connectivity index (χ3v) is 7.18. The molecule has 1 heterocycles. The molecule has 0 aliphatic carbocycles. The van der Waals surface area contributed by atoms with Crippen LogP contribution in [0.5, 0.6) is 0 Å². The number of rotatable bonds is 7. The van der Waals surface area contributed by atoms with Crippen molar-refractivity contribution in [3.05, 3.63) is 24.3 Å². The van der Waals surface area contributed by atoms with Gasteiger partial charge in [-0.2, -0.15) is 8.42 Å². The summed E-state index contributed by atoms with van der Waals surface area (Å²) in [5.41, 5.74) is 0.378. The first-order valence-corrected chi connectivity index (χ1v) is 10.9. The zero-order valence-electron chi connectivity index (χ0n) is 12.0. The van der Waals surface area contributed by atoms with Crippen LogP contribution in [0, 0.1) is 0 Å². The first-order valence-electron chi connectivity index (χ1n) is 7.11. The molecule has 1 aliphatic heterocycles. The molecule has 0 unspecified atom stereocenters. The van der Waals surface area contributed by atoms with Crippen LogP contribution in [0.3, 0.4) is 0 Å². The molecule has 1 amide bonds. The quantitative estimate of drug-likeness (QED) is 0.439. The van der Waals surface area contributed by atoms with E-state index in [0.717, 1.165) is 24.5 Å². The molecule has 2 rings (SSSR count). The highest BCUT2D eigenvalue weighted by Gasteiger charge is 2.16. The van der Waals surface area contributed by atoms with Crippen molar-refractivity contribution in [2.24, 2.45) is 0 Å². The molecule has 0 saturated carbocycles. The molecule has 5 nitrogen and oxygen atoms in total. The van der Waals surface area contributed by atoms with Crippen LogP contribution in [0.2, 0.25) is 0 Å². The number of anilines is 1. The Bertz CT molecular complexity index is 612. The van der Waals surface area contributed by atoms with Gasteiger partial charge < -0.3 is 5.32 Å². The summed E-state index contributed by atoms with van der Waals surface area (Å²) in [6.45, 7) is 0. The average molecular weight is 362 g/mol. The van der Waals surface area contributed by atoms with E-state index in [9.17, 15) is 13.2 Å². The van der Waals surface area contributed by atoms with Gasteiger partial charge in [-0.15, -0.1) is 0 Å². The van der Waals surface area contributed by atoms with E-state index < -0.39 is 10.1 Å². The summed E-state index contributed by atoms with van der Waals surface area (Å²) in [7, 11) is -0.384. The molecule has 1 aromatic rings. The van der Waals surface area contributed by atoms with Crippen LogP contribution < -0.4 is 5.32 Å². The minimum absolute atomic E-state index is 0.138. The molecule has 1 saturated heterocycles. The number of hydrogen-bond donors (Lipinski definition) is 2. The number of nitrogens with one attached hydrogen (secondary N) is 1. The highest BCUT2D eigenvalue weighted by Crippen LogP contribution is 2.39. The van der Waals surface area contributed by atoms with E-state index in [1.54, 1.807) is 6.07 Å². The van der Waals surface area contributed by atoms with Crippen molar-refractivity contribution < 1.29 is 17.8 Å². The summed E-state index contributed by atoms with van der Waals surface area (Å²) in [5, 5.41) is 3.38. The van der Waals surface area contributed by atoms with E-state index in [1.165, 1.54) is 30.4 Å². The van der Waals surface area contributed by atoms with Crippen LogP contribution in [0.4, 0.5) is 5.69 Å². The number of benzene rings is 1. The number of carbonyl (C=O) groups excluding carboxylic acids is 1. The third-order valence-electron chi connectivity index (χ3n) is 3.32. The van der Waals surface area contributed by atoms with E-state index in [1.807, 2.05) is 21.6 Å². The number of unbranched alkanes of at least 4 members (excludes halogenated alkanes) is 1. The van der Waals surface area contributed by atoms with E-state index in [-0.39, 0.29) is 10.8 Å². The topological polar surface area (TPSA) is 83.5 Å². The highest BCUT2D eigenvalue weighted by atomic mass is 33.1. The van der Waals surface area contributed by atoms with Gasteiger partial charge in [0, 0.05) is 23.1 Å². The molecule has 1 aromatic carbocycles. The predicted molar refractivity (Wildman–Crippen MR) is 91.8 cm³/mol. The minimum Gasteiger partial charge on any atom is -0.326 e. The van der Waals surface area contributed by atoms with Gasteiger partial charge in [-0.25, -0.2) is 0 Å². The maximum Gasteiger partial charge on any atom is 0.294 e. The molecule has 0 bridgehead atoms. The van der Waals surface area contributed by atoms with E-state index in [2.05, 4.69) is 5.32 Å². The van der Waals surface area contributed by atoms with Gasteiger partial charge in [0.25, 0.3) is 10.1 Å². The molecular formula is C14H19NO4S3. The zero-order valence-corrected chi connectivity index (χ0v) is 14.5. The Labute approximate surface area is 138 Å². The van der Waals surface area contributed by atoms with Gasteiger partial charge in [-0.05, 0) is 37.5 Å². The minimum atomic E-state index is -4.25. The van der Waals surface area contributed by atoms with Crippen LogP contribution in [0.15, 0.2) is 29.2 Å². The molecule has 1 aliphatic rings. The van der Waals surface area contributed by atoms with Gasteiger partial charge in [-0.3, -0.25) is 9.35 Å². The van der Waals surface area contributed by atoms with Crippen molar-refractivity contribution in [2.45, 2.75) is 42.2 Å². The van der Waals surface area contributed by atoms with E-state index >= 15 is 0 Å². The Balaban J connectivity index is 1.74. The van der Waals surface area contributed by atoms with Gasteiger partial charge in [0.05, 0.1) is 4.90 Å². The van der Waals surface area contributed by atoms with E-state index in [0.29, 0.717) is 12.1 Å². The van der Waals surface area contributed by atoms with Crippen LogP contribution >= 0.6 is 21.6 Å². The lowest BCUT2D eigenvalue weighted by Crippen LogP contribution is -2.12. The lowest BCUT2D eigenvalue weighted by atomic mass is 10.1. The largest absolute Gasteiger partial charge is 0.326 e. The van der Waals surface area contributed by atoms with Gasteiger partial charge in [0.1, 0.15) is 0 Å². The second kappa shape index (κ2) is 8.24. The van der Waals surface area contributed by atoms with Gasteiger partial charge in [0.2, 0.25) is 5.91 Å². The molecule has 0 spiro atoms. The molecule has 2 N–H and O–H groups in total. The SMILES string of the molecule is O=C(CCCC[C@H]1CCSS1)Nc1cccc(S(=O)(=O)O)c1. The van der Waals surface area contributed by atoms with Crippen LogP contribution in [0.1, 0.15) is 32.1 Å². The van der Waals surface area contributed by atoms with Gasteiger partial charge in [0.15, 0.2) is 0 Å². The standard InChI is InChI=1S/C14H19NO4S3/c16-14(7-2-1-5-12-8-9-20-21-12)15-11-4-3-6-13(10-11)22(17,18)19/h3-4,6,10,12H,1-2,5,7-9H2,(H,15,16)(H,17,18,19)/t12-/m0/s1. The zero-order chi connectivity index (χ0) is 16.0. The third kappa shape index (κ3) is 5.83. The number of hydrogen-bond acceptors (Lipinski definition) is 5. The fourth-order valence-corrected chi connectivity index (χ4v) is 5.73. The molecule has 122 valence electrons. The maximum absolute atomic E-state index is 11.8. The molecule has 0 aromatic heterocycles. The second-order valence-corrected chi connectivity index (χ2v) is 9.33. The van der Waals surface area contributed by atoms with Gasteiger partial charge >= 0.3 is 0 Å². The van der Waals surface area contributed by atoms with Crippen molar-refractivity contribution in [3.8, 4) is 0 Å². The summed E-state index contributed by atoms with van der Waals surface area (Å²) >= 11 is 0. The summed E-state index contributed by atoms with van der Waals surface area (Å²) in [4.78, 5) is 11.6. The lowest BCUT2D eigenvalue weighted by molar-refractivity contribution is -0.116. The Morgan fingerprint density at radius 1 is 1.36 bits per heavy atom. The molecular weight excluding hydrogens is 342 g/mol. The predicted octanol–water partition coefficient (Wildman–Crippen LogP) is 3.59. The Morgan fingerprint density at radius 3 is 2.86 bits per heavy atom. The molecule has 22 heavy (non-hydrogen) atoms. The summed E-state index contributed by atoms with van der Waals surface area (Å²) in [6, 6.07) is 5.61. The van der Waals surface area contributed by atoms with Crippen LogP contribution in [-0.2, 0) is 14.9 Å². The molecule has 1 atom stereocenters. The summed E-state index contributed by atoms with van der Waals surface area (Å²) in [5.74, 6) is 1.08. The smallest absolute Gasteiger partial charge is 0.294 e. The Hall–Kier alpha value is -0.700. The summed E-state index contributed by atoms with van der Waals surface area (Å²) < 4.78 is 31.1. The second-order valence-electron chi connectivity index (χ2n) is 5.13. The number of amides is 1. The monoisotopic (exact) mass is 361 g/mol. The normalized spacial score (nSPS) is 18.3. The average Bonchev–Trinajstić information content (AvgIpc) is 2.96. The molecule has 8 heteroatoms. The highest BCUT2D eigenvalue weighted by molar-refractivity contribution is 8.77. The van der Waals surface area contributed by atoms with Crippen molar-refractivity contribution in [3.63, 3.8) is 0 Å². The lowest BCUT2D eigenvalue weighted by Gasteiger charge is -2.08. The molecule has 0 radical (unpaired) electrons. The first kappa shape index (κ1) is 17.7. The van der Waals surface area contributed by atoms with Crippen molar-refractivity contribution in [2.75, 3.05) is 11.1 Å². The first-order chi connectivity index (χ1) is 10.4. The maximum atomic E-state index is 11.8. The van der Waals surface area contributed by atoms with Crippen molar-refractivity contribution in [1.29, 1.82) is 0 Å². The Morgan fingerprint density at radius 2 is 2.18 bits per heavy atom. The van der Waals surface area contributed by atoms with Crippen LogP contribution in [-0.4, -0.2) is 29.9 Å². The van der Waals surface area contributed by atoms with Crippen molar-refractivity contribution in [1.82, 2.24) is 0 Å². The summed E-state index contributed by atoms with van der Waals surface area (Å²) in [6.07, 6.45) is 4.66. The van der Waals surface area contributed by atoms with E-state index in [4.69, 9.17) is 4.55 Å². The fraction of sp³-hybridized carbons (Fsp3) is 0.500. The fourth-order valence-electron chi connectivity index (χ4n) is 2.18. The van der Waals surface area contributed by atoms with Crippen LogP contribution in [0.25, 0.3) is 0 Å². The molecule has 1 fully saturated rings. The van der Waals surface area contributed by atoms with Gasteiger partial charge in [-0.1, -0.05) is 34.1 Å². The van der Waals surface area contributed by atoms with Crippen molar-refractivity contribution >= 4 is 43.3 Å². The Kier molecular flexibility index (Phi) is 6.61. The number of carbonyl (C=O) groups is 1.